The number of aliphatic hydroxyl groups is 2. The molecule has 0 saturated carbocycles. The normalized spacial score (nSPS) is 15.2. The Labute approximate surface area is 147 Å². The minimum atomic E-state index is -1.94. The largest absolute Gasteiger partial charge is 0.497 e. The fourth-order valence-electron chi connectivity index (χ4n) is 2.48. The van der Waals surface area contributed by atoms with Gasteiger partial charge in [-0.15, -0.1) is 0 Å². The third kappa shape index (κ3) is 6.20. The van der Waals surface area contributed by atoms with Gasteiger partial charge in [0.1, 0.15) is 5.75 Å². The molecule has 4 nitrogen and oxygen atoms in total. The Morgan fingerprint density at radius 2 is 1.79 bits per heavy atom. The van der Waals surface area contributed by atoms with E-state index in [4.69, 9.17) is 9.16 Å². The van der Waals surface area contributed by atoms with Gasteiger partial charge in [-0.25, -0.2) is 0 Å². The Morgan fingerprint density at radius 3 is 2.29 bits per heavy atom. The molecule has 0 aliphatic carbocycles. The molecule has 0 amide bonds. The first-order valence-electron chi connectivity index (χ1n) is 8.65. The molecule has 2 atom stereocenters. The molecule has 0 spiro atoms. The number of hydrogen-bond acceptors (Lipinski definition) is 4. The van der Waals surface area contributed by atoms with Gasteiger partial charge in [-0.2, -0.15) is 0 Å². The predicted octanol–water partition coefficient (Wildman–Crippen LogP) is 3.62. The fraction of sp³-hybridized carbons (Fsp3) is 0.684. The Balaban J connectivity index is 2.74. The number of aliphatic hydroxyl groups excluding tert-OH is 2. The van der Waals surface area contributed by atoms with Crippen LogP contribution < -0.4 is 4.74 Å². The van der Waals surface area contributed by atoms with Crippen LogP contribution in [0.4, 0.5) is 0 Å². The second-order valence-corrected chi connectivity index (χ2v) is 12.8. The van der Waals surface area contributed by atoms with Gasteiger partial charge in [0, 0.05) is 6.61 Å². The highest BCUT2D eigenvalue weighted by molar-refractivity contribution is 6.74. The van der Waals surface area contributed by atoms with Gasteiger partial charge in [0.15, 0.2) is 8.32 Å². The van der Waals surface area contributed by atoms with Crippen molar-refractivity contribution in [1.82, 2.24) is 0 Å². The van der Waals surface area contributed by atoms with Crippen molar-refractivity contribution < 1.29 is 19.4 Å². The van der Waals surface area contributed by atoms with Crippen LogP contribution in [0.3, 0.4) is 0 Å². The average molecular weight is 355 g/mol. The van der Waals surface area contributed by atoms with Crippen LogP contribution in [0.2, 0.25) is 18.1 Å². The Kier molecular flexibility index (Phi) is 7.93. The third-order valence-electron chi connectivity index (χ3n) is 4.98. The Bertz CT molecular complexity index is 496. The number of benzene rings is 1. The number of rotatable bonds is 9. The maximum absolute atomic E-state index is 9.76. The van der Waals surface area contributed by atoms with Crippen LogP contribution in [0.1, 0.15) is 32.8 Å². The van der Waals surface area contributed by atoms with Gasteiger partial charge in [-0.05, 0) is 54.6 Å². The quantitative estimate of drug-likeness (QED) is 0.665. The lowest BCUT2D eigenvalue weighted by Gasteiger charge is -2.39. The molecule has 0 unspecified atom stereocenters. The van der Waals surface area contributed by atoms with Gasteiger partial charge >= 0.3 is 0 Å². The molecule has 1 aromatic rings. The molecule has 1 aromatic carbocycles. The Morgan fingerprint density at radius 1 is 1.12 bits per heavy atom. The summed E-state index contributed by atoms with van der Waals surface area (Å²) in [4.78, 5) is 0. The van der Waals surface area contributed by atoms with Gasteiger partial charge in [0.05, 0.1) is 19.8 Å². The molecule has 0 aliphatic rings. The zero-order valence-corrected chi connectivity index (χ0v) is 17.0. The van der Waals surface area contributed by atoms with Crippen LogP contribution in [0.5, 0.6) is 5.75 Å². The SMILES string of the molecule is COc1cccc(C[C@@H](CO)C[C@@H](CO)O[Si](C)(C)C(C)(C)C)c1. The van der Waals surface area contributed by atoms with Crippen LogP contribution in [0, 0.1) is 5.92 Å². The van der Waals surface area contributed by atoms with Gasteiger partial charge in [0.2, 0.25) is 0 Å². The molecule has 0 fully saturated rings. The van der Waals surface area contributed by atoms with Crippen molar-refractivity contribution in [1.29, 1.82) is 0 Å². The molecule has 0 bridgehead atoms. The van der Waals surface area contributed by atoms with E-state index in [-0.39, 0.29) is 30.3 Å². The minimum absolute atomic E-state index is 0.0128. The van der Waals surface area contributed by atoms with E-state index in [1.165, 1.54) is 0 Å². The van der Waals surface area contributed by atoms with Crippen molar-refractivity contribution in [2.24, 2.45) is 5.92 Å². The molecule has 24 heavy (non-hydrogen) atoms. The summed E-state index contributed by atoms with van der Waals surface area (Å²) in [7, 11) is -0.287. The highest BCUT2D eigenvalue weighted by Crippen LogP contribution is 2.38. The lowest BCUT2D eigenvalue weighted by Crippen LogP contribution is -2.45. The van der Waals surface area contributed by atoms with Crippen molar-refractivity contribution >= 4 is 8.32 Å². The monoisotopic (exact) mass is 354 g/mol. The zero-order valence-electron chi connectivity index (χ0n) is 16.0. The van der Waals surface area contributed by atoms with Crippen molar-refractivity contribution in [2.45, 2.75) is 57.8 Å². The predicted molar refractivity (Wildman–Crippen MR) is 101 cm³/mol. The van der Waals surface area contributed by atoms with E-state index in [0.717, 1.165) is 17.7 Å². The number of ether oxygens (including phenoxy) is 1. The molecule has 5 heteroatoms. The summed E-state index contributed by atoms with van der Waals surface area (Å²) in [6, 6.07) is 7.89. The molecular weight excluding hydrogens is 320 g/mol. The van der Waals surface area contributed by atoms with Crippen LogP contribution in [0.25, 0.3) is 0 Å². The smallest absolute Gasteiger partial charge is 0.192 e. The maximum atomic E-state index is 9.76. The molecule has 0 aliphatic heterocycles. The third-order valence-corrected chi connectivity index (χ3v) is 9.52. The number of methoxy groups -OCH3 is 1. The van der Waals surface area contributed by atoms with E-state index < -0.39 is 8.32 Å². The van der Waals surface area contributed by atoms with Crippen molar-refractivity contribution in [3.8, 4) is 5.75 Å². The lowest BCUT2D eigenvalue weighted by molar-refractivity contribution is 0.0700. The van der Waals surface area contributed by atoms with E-state index in [0.29, 0.717) is 6.42 Å². The molecule has 0 aromatic heterocycles. The van der Waals surface area contributed by atoms with Gasteiger partial charge in [-0.3, -0.25) is 0 Å². The standard InChI is InChI=1S/C19H34O4Si/c1-19(2,3)24(5,6)23-18(14-21)12-16(13-20)10-15-8-7-9-17(11-15)22-4/h7-9,11,16,18,20-21H,10,12-14H2,1-6H3/t16-,18+/m1/s1. The second kappa shape index (κ2) is 8.99. The van der Waals surface area contributed by atoms with Crippen LogP contribution in [-0.2, 0) is 10.8 Å². The Hall–Kier alpha value is -0.883. The summed E-state index contributed by atoms with van der Waals surface area (Å²) in [6.45, 7) is 11.0. The van der Waals surface area contributed by atoms with Crippen molar-refractivity contribution in [2.75, 3.05) is 20.3 Å². The van der Waals surface area contributed by atoms with Gasteiger partial charge in [-0.1, -0.05) is 32.9 Å². The van der Waals surface area contributed by atoms with E-state index >= 15 is 0 Å². The summed E-state index contributed by atoms with van der Waals surface area (Å²) in [6.07, 6.45) is 1.16. The highest BCUT2D eigenvalue weighted by Gasteiger charge is 2.39. The molecule has 1 rings (SSSR count). The van der Waals surface area contributed by atoms with E-state index in [1.807, 2.05) is 24.3 Å². The summed E-state index contributed by atoms with van der Waals surface area (Å²) in [5.41, 5.74) is 1.12. The van der Waals surface area contributed by atoms with Gasteiger partial charge in [0.25, 0.3) is 0 Å². The zero-order chi connectivity index (χ0) is 18.4. The average Bonchev–Trinajstić information content (AvgIpc) is 2.52. The van der Waals surface area contributed by atoms with Crippen molar-refractivity contribution in [3.05, 3.63) is 29.8 Å². The van der Waals surface area contributed by atoms with Crippen molar-refractivity contribution in [3.63, 3.8) is 0 Å². The minimum Gasteiger partial charge on any atom is -0.497 e. The van der Waals surface area contributed by atoms with Gasteiger partial charge < -0.3 is 19.4 Å². The first-order chi connectivity index (χ1) is 11.1. The number of hydrogen-bond donors (Lipinski definition) is 2. The van der Waals surface area contributed by atoms with Crippen LogP contribution in [0.15, 0.2) is 24.3 Å². The summed E-state index contributed by atoms with van der Waals surface area (Å²) in [5, 5.41) is 19.6. The topological polar surface area (TPSA) is 58.9 Å². The summed E-state index contributed by atoms with van der Waals surface area (Å²) in [5.74, 6) is 0.874. The molecule has 2 N–H and O–H groups in total. The van der Waals surface area contributed by atoms with E-state index in [9.17, 15) is 10.2 Å². The van der Waals surface area contributed by atoms with E-state index in [2.05, 4.69) is 33.9 Å². The highest BCUT2D eigenvalue weighted by atomic mass is 28.4. The first-order valence-corrected chi connectivity index (χ1v) is 11.6. The maximum Gasteiger partial charge on any atom is 0.192 e. The molecule has 0 heterocycles. The molecular formula is C19H34O4Si. The molecule has 138 valence electrons. The van der Waals surface area contributed by atoms with Crippen LogP contribution in [-0.4, -0.2) is 45.0 Å². The fourth-order valence-corrected chi connectivity index (χ4v) is 3.84. The second-order valence-electron chi connectivity index (χ2n) is 8.02. The first kappa shape index (κ1) is 21.2. The molecule has 0 radical (unpaired) electrons. The van der Waals surface area contributed by atoms with E-state index in [1.54, 1.807) is 7.11 Å². The molecule has 0 saturated heterocycles. The lowest BCUT2D eigenvalue weighted by atomic mass is 9.94. The van der Waals surface area contributed by atoms with Crippen LogP contribution >= 0.6 is 0 Å². The summed E-state index contributed by atoms with van der Waals surface area (Å²) >= 11 is 0. The summed E-state index contributed by atoms with van der Waals surface area (Å²) < 4.78 is 11.6.